The summed E-state index contributed by atoms with van der Waals surface area (Å²) in [5, 5.41) is 4.77. The summed E-state index contributed by atoms with van der Waals surface area (Å²) >= 11 is 1.87. The Balaban J connectivity index is 1.74. The summed E-state index contributed by atoms with van der Waals surface area (Å²) in [4.78, 5) is 11.4. The second kappa shape index (κ2) is 7.15. The number of rotatable bonds is 7. The highest BCUT2D eigenvalue weighted by Crippen LogP contribution is 2.33. The van der Waals surface area contributed by atoms with Gasteiger partial charge in [-0.2, -0.15) is 0 Å². The summed E-state index contributed by atoms with van der Waals surface area (Å²) in [6.45, 7) is 10.7. The third-order valence-electron chi connectivity index (χ3n) is 4.35. The predicted octanol–water partition coefficient (Wildman–Crippen LogP) is 1.46. The van der Waals surface area contributed by atoms with E-state index in [2.05, 4.69) is 22.0 Å². The topological polar surface area (TPSA) is 40.6 Å². The van der Waals surface area contributed by atoms with Crippen LogP contribution < -0.4 is 5.32 Å². The van der Waals surface area contributed by atoms with Crippen LogP contribution in [-0.4, -0.2) is 61.2 Å². The van der Waals surface area contributed by atoms with Gasteiger partial charge in [0.25, 0.3) is 0 Å². The lowest BCUT2D eigenvalue weighted by Crippen LogP contribution is -2.56. The number of methoxy groups -OCH3 is 1. The fourth-order valence-corrected chi connectivity index (χ4v) is 4.33. The molecule has 1 aromatic heterocycles. The molecule has 0 spiro atoms. The van der Waals surface area contributed by atoms with Crippen LogP contribution in [0.2, 0.25) is 0 Å². The molecule has 1 aromatic rings. The SMILES string of the molecule is CCCNCc1sc(C2CN3CCN2CC3)nc1COC. The van der Waals surface area contributed by atoms with E-state index in [1.807, 2.05) is 11.3 Å². The predicted molar refractivity (Wildman–Crippen MR) is 85.6 cm³/mol. The Kier molecular flexibility index (Phi) is 5.24. The number of nitrogens with zero attached hydrogens (tertiary/aromatic N) is 3. The van der Waals surface area contributed by atoms with Crippen molar-refractivity contribution in [3.63, 3.8) is 0 Å². The summed E-state index contributed by atoms with van der Waals surface area (Å²) in [5.74, 6) is 0. The van der Waals surface area contributed by atoms with Crippen LogP contribution in [-0.2, 0) is 17.9 Å². The molecular formula is C15H26N4OS. The maximum atomic E-state index is 5.33. The highest BCUT2D eigenvalue weighted by Gasteiger charge is 2.35. The Morgan fingerprint density at radius 3 is 2.76 bits per heavy atom. The largest absolute Gasteiger partial charge is 0.378 e. The van der Waals surface area contributed by atoms with Crippen molar-refractivity contribution >= 4 is 11.3 Å². The molecule has 4 heterocycles. The van der Waals surface area contributed by atoms with Crippen LogP contribution in [0.5, 0.6) is 0 Å². The Morgan fingerprint density at radius 1 is 1.33 bits per heavy atom. The molecule has 118 valence electrons. The number of hydrogen-bond acceptors (Lipinski definition) is 6. The number of fused-ring (bicyclic) bond motifs is 3. The van der Waals surface area contributed by atoms with Crippen LogP contribution in [0, 0.1) is 0 Å². The van der Waals surface area contributed by atoms with Gasteiger partial charge in [0.1, 0.15) is 5.01 Å². The van der Waals surface area contributed by atoms with Crippen molar-refractivity contribution < 1.29 is 4.74 Å². The van der Waals surface area contributed by atoms with Gasteiger partial charge in [-0.25, -0.2) is 4.98 Å². The van der Waals surface area contributed by atoms with E-state index in [4.69, 9.17) is 9.72 Å². The number of thiazole rings is 1. The van der Waals surface area contributed by atoms with Gasteiger partial charge in [-0.3, -0.25) is 9.80 Å². The van der Waals surface area contributed by atoms with Gasteiger partial charge in [0, 0.05) is 51.3 Å². The highest BCUT2D eigenvalue weighted by molar-refractivity contribution is 7.11. The van der Waals surface area contributed by atoms with E-state index >= 15 is 0 Å². The van der Waals surface area contributed by atoms with Crippen LogP contribution in [0.25, 0.3) is 0 Å². The molecule has 21 heavy (non-hydrogen) atoms. The molecular weight excluding hydrogens is 284 g/mol. The molecule has 0 aliphatic carbocycles. The van der Waals surface area contributed by atoms with Gasteiger partial charge in [-0.05, 0) is 13.0 Å². The summed E-state index contributed by atoms with van der Waals surface area (Å²) < 4.78 is 5.33. The molecule has 0 saturated carbocycles. The van der Waals surface area contributed by atoms with Crippen molar-refractivity contribution in [3.05, 3.63) is 15.6 Å². The van der Waals surface area contributed by atoms with E-state index in [-0.39, 0.29) is 0 Å². The van der Waals surface area contributed by atoms with E-state index in [1.165, 1.54) is 36.1 Å². The molecule has 1 unspecified atom stereocenters. The molecule has 1 atom stereocenters. The van der Waals surface area contributed by atoms with Crippen molar-refractivity contribution in [1.82, 2.24) is 20.1 Å². The molecule has 3 aliphatic heterocycles. The monoisotopic (exact) mass is 310 g/mol. The lowest BCUT2D eigenvalue weighted by atomic mass is 10.1. The molecule has 4 rings (SSSR count). The number of piperazine rings is 3. The van der Waals surface area contributed by atoms with Crippen LogP contribution in [0.3, 0.4) is 0 Å². The van der Waals surface area contributed by atoms with Crippen LogP contribution in [0.1, 0.15) is 35.0 Å². The zero-order chi connectivity index (χ0) is 14.7. The normalized spacial score (nSPS) is 28.2. The number of nitrogens with one attached hydrogen (secondary N) is 1. The minimum Gasteiger partial charge on any atom is -0.378 e. The van der Waals surface area contributed by atoms with Gasteiger partial charge < -0.3 is 10.1 Å². The summed E-state index contributed by atoms with van der Waals surface area (Å²) in [5.41, 5.74) is 1.12. The Morgan fingerprint density at radius 2 is 2.14 bits per heavy atom. The first-order valence-electron chi connectivity index (χ1n) is 7.96. The molecule has 3 fully saturated rings. The lowest BCUT2D eigenvalue weighted by molar-refractivity contribution is 0.0121. The van der Waals surface area contributed by atoms with Gasteiger partial charge in [0.15, 0.2) is 0 Å². The second-order valence-electron chi connectivity index (χ2n) is 5.88. The van der Waals surface area contributed by atoms with Crippen molar-refractivity contribution in [2.75, 3.05) is 46.4 Å². The van der Waals surface area contributed by atoms with Gasteiger partial charge in [0.05, 0.1) is 18.3 Å². The summed E-state index contributed by atoms with van der Waals surface area (Å²) in [6, 6.07) is 0.494. The minimum absolute atomic E-state index is 0.494. The van der Waals surface area contributed by atoms with E-state index in [1.54, 1.807) is 7.11 Å². The second-order valence-corrected chi connectivity index (χ2v) is 7.00. The average Bonchev–Trinajstić information content (AvgIpc) is 2.92. The minimum atomic E-state index is 0.494. The van der Waals surface area contributed by atoms with E-state index in [9.17, 15) is 0 Å². The van der Waals surface area contributed by atoms with Crippen LogP contribution in [0.4, 0.5) is 0 Å². The van der Waals surface area contributed by atoms with Crippen molar-refractivity contribution in [2.45, 2.75) is 32.5 Å². The van der Waals surface area contributed by atoms with Gasteiger partial charge >= 0.3 is 0 Å². The molecule has 0 amide bonds. The standard InChI is InChI=1S/C15H26N4OS/c1-3-4-16-9-14-12(11-20-2)17-15(21-14)13-10-18-5-7-19(13)8-6-18/h13,16H,3-11H2,1-2H3. The molecule has 1 N–H and O–H groups in total. The average molecular weight is 310 g/mol. The molecule has 2 bridgehead atoms. The fourth-order valence-electron chi connectivity index (χ4n) is 3.16. The maximum absolute atomic E-state index is 5.33. The number of aromatic nitrogens is 1. The van der Waals surface area contributed by atoms with Gasteiger partial charge in [-0.1, -0.05) is 6.92 Å². The molecule has 6 heteroatoms. The first-order chi connectivity index (χ1) is 10.3. The van der Waals surface area contributed by atoms with Crippen molar-refractivity contribution in [2.24, 2.45) is 0 Å². The third-order valence-corrected chi connectivity index (χ3v) is 5.55. The van der Waals surface area contributed by atoms with E-state index in [0.29, 0.717) is 12.6 Å². The zero-order valence-electron chi connectivity index (χ0n) is 13.1. The summed E-state index contributed by atoms with van der Waals surface area (Å²) in [6.07, 6.45) is 1.16. The Hall–Kier alpha value is -0.530. The van der Waals surface area contributed by atoms with E-state index < -0.39 is 0 Å². The highest BCUT2D eigenvalue weighted by atomic mass is 32.1. The number of hydrogen-bond donors (Lipinski definition) is 1. The smallest absolute Gasteiger partial charge is 0.112 e. The van der Waals surface area contributed by atoms with Crippen molar-refractivity contribution in [3.8, 4) is 0 Å². The first-order valence-corrected chi connectivity index (χ1v) is 8.78. The first kappa shape index (κ1) is 15.4. The van der Waals surface area contributed by atoms with Crippen LogP contribution in [0.15, 0.2) is 0 Å². The van der Waals surface area contributed by atoms with Gasteiger partial charge in [-0.15, -0.1) is 11.3 Å². The maximum Gasteiger partial charge on any atom is 0.112 e. The van der Waals surface area contributed by atoms with Crippen LogP contribution >= 0.6 is 11.3 Å². The summed E-state index contributed by atoms with van der Waals surface area (Å²) in [7, 11) is 1.75. The molecule has 0 radical (unpaired) electrons. The molecule has 3 saturated heterocycles. The molecule has 3 aliphatic rings. The Bertz CT molecular complexity index is 457. The van der Waals surface area contributed by atoms with Crippen molar-refractivity contribution in [1.29, 1.82) is 0 Å². The quantitative estimate of drug-likeness (QED) is 0.772. The molecule has 0 aromatic carbocycles. The van der Waals surface area contributed by atoms with Gasteiger partial charge in [0.2, 0.25) is 0 Å². The molecule has 5 nitrogen and oxygen atoms in total. The number of ether oxygens (including phenoxy) is 1. The zero-order valence-corrected chi connectivity index (χ0v) is 13.9. The third kappa shape index (κ3) is 3.46. The fraction of sp³-hybridized carbons (Fsp3) is 0.800. The lowest BCUT2D eigenvalue weighted by Gasteiger charge is -2.46. The van der Waals surface area contributed by atoms with E-state index in [0.717, 1.165) is 31.7 Å². The Labute approximate surface area is 131 Å².